The number of pyridine rings is 2. The highest BCUT2D eigenvalue weighted by Crippen LogP contribution is 2.29. The number of likely N-dealkylation sites (tertiary alicyclic amines) is 1. The van der Waals surface area contributed by atoms with Crippen LogP contribution < -0.4 is 4.90 Å². The third-order valence-corrected chi connectivity index (χ3v) is 24.2. The van der Waals surface area contributed by atoms with Crippen molar-refractivity contribution in [3.05, 3.63) is 338 Å². The van der Waals surface area contributed by atoms with Crippen molar-refractivity contribution in [2.75, 3.05) is 85.4 Å². The summed E-state index contributed by atoms with van der Waals surface area (Å²) in [7, 11) is 8.43. The fourth-order valence-electron chi connectivity index (χ4n) is 14.2. The number of ketones is 1. The molecule has 0 aliphatic carbocycles. The fourth-order valence-corrected chi connectivity index (χ4v) is 14.2. The molecule has 8 aromatic carbocycles. The first-order valence-corrected chi connectivity index (χ1v) is 52.0. The summed E-state index contributed by atoms with van der Waals surface area (Å²) in [5, 5.41) is 0. The van der Waals surface area contributed by atoms with Gasteiger partial charge in [0.25, 0.3) is 0 Å². The summed E-state index contributed by atoms with van der Waals surface area (Å²) in [6.45, 7) is 90.0. The Bertz CT molecular complexity index is 4640. The van der Waals surface area contributed by atoms with Gasteiger partial charge < -0.3 is 19.4 Å². The van der Waals surface area contributed by atoms with Crippen LogP contribution in [0.25, 0.3) is 0 Å². The molecule has 0 unspecified atom stereocenters. The van der Waals surface area contributed by atoms with Crippen molar-refractivity contribution >= 4 is 17.4 Å². The smallest absolute Gasteiger partial charge is 0.306 e. The predicted octanol–water partition coefficient (Wildman–Crippen LogP) is 33.4. The number of benzene rings is 8. The second-order valence-electron chi connectivity index (χ2n) is 45.5. The van der Waals surface area contributed by atoms with E-state index in [0.717, 1.165) is 30.1 Å². The zero-order valence-corrected chi connectivity index (χ0v) is 95.5. The van der Waals surface area contributed by atoms with Crippen LogP contribution in [0.3, 0.4) is 0 Å². The SMILES string of the molecule is CC(=O)c1ccc(C(C)(C)C)cc1.CC(C)(C)OC(=O)CCc1ccc(C(C)(C)C)cc1.CC(C)N1CCCCC1.CC(C)N1CCN(CCN(C)C)CC1.CC(C)c1ccccn1.CC(C)c1ccncc1.CCc1ccc(C(C)(C)C)cc1.CN(C)c1cccc(C(C)(C)C)c1.Cc1ccc(C(C)C)cc1.Cc1ccc(C(C)C)cc1.Cc1cccc(C(C)C)c1.Cc1cccc(C(C)C)c1. The highest BCUT2D eigenvalue weighted by Gasteiger charge is 2.22. The predicted molar refractivity (Wildman–Crippen MR) is 608 cm³/mol. The van der Waals surface area contributed by atoms with Crippen molar-refractivity contribution in [2.24, 2.45) is 0 Å². The van der Waals surface area contributed by atoms with Crippen LogP contribution in [0.2, 0.25) is 0 Å². The number of likely N-dealkylation sites (N-methyl/N-ethyl adjacent to an activating group) is 1. The Labute approximate surface area is 848 Å². The van der Waals surface area contributed by atoms with E-state index in [0.29, 0.717) is 48.0 Å². The lowest BCUT2D eigenvalue weighted by Gasteiger charge is -2.37. The maximum Gasteiger partial charge on any atom is 0.306 e. The molecule has 12 rings (SSSR count). The molecule has 2 fully saturated rings. The lowest BCUT2D eigenvalue weighted by molar-refractivity contribution is -0.154. The molecular weight excluding hydrogens is 1680 g/mol. The normalized spacial score (nSPS) is 12.8. The molecule has 0 saturated carbocycles. The first kappa shape index (κ1) is 127. The second kappa shape index (κ2) is 65.8. The van der Waals surface area contributed by atoms with Gasteiger partial charge in [-0.05, 0) is 291 Å². The molecule has 10 nitrogen and oxygen atoms in total. The van der Waals surface area contributed by atoms with Gasteiger partial charge in [0.15, 0.2) is 5.78 Å². The number of piperazine rings is 1. The molecule has 10 aromatic rings. The Kier molecular flexibility index (Phi) is 60.5. The van der Waals surface area contributed by atoms with Crippen molar-refractivity contribution < 1.29 is 14.3 Å². The van der Waals surface area contributed by atoms with Crippen LogP contribution >= 0.6 is 0 Å². The topological polar surface area (TPSA) is 85.4 Å². The van der Waals surface area contributed by atoms with Gasteiger partial charge in [-0.2, -0.15) is 0 Å². The number of carbonyl (C=O) groups excluding carboxylic acids is 2. The van der Waals surface area contributed by atoms with Crippen molar-refractivity contribution in [3.63, 3.8) is 0 Å². The fraction of sp³-hybridized carbons (Fsp3) is 0.531. The van der Waals surface area contributed by atoms with Crippen LogP contribution in [0, 0.1) is 27.7 Å². The van der Waals surface area contributed by atoms with E-state index in [1.54, 1.807) is 6.92 Å². The summed E-state index contributed by atoms with van der Waals surface area (Å²) in [6, 6.07) is 80.3. The molecule has 4 heterocycles. The number of piperidine rings is 1. The van der Waals surface area contributed by atoms with E-state index in [2.05, 4.69) is 461 Å². The van der Waals surface area contributed by atoms with Gasteiger partial charge in [-0.25, -0.2) is 0 Å². The average molecular weight is 1880 g/mol. The summed E-state index contributed by atoms with van der Waals surface area (Å²) in [4.78, 5) is 42.8. The highest BCUT2D eigenvalue weighted by molar-refractivity contribution is 5.94. The summed E-state index contributed by atoms with van der Waals surface area (Å²) >= 11 is 0. The first-order valence-electron chi connectivity index (χ1n) is 52.0. The van der Waals surface area contributed by atoms with E-state index >= 15 is 0 Å². The van der Waals surface area contributed by atoms with Gasteiger partial charge in [0.1, 0.15) is 5.60 Å². The van der Waals surface area contributed by atoms with E-state index in [1.165, 1.54) is 161 Å². The van der Waals surface area contributed by atoms with Gasteiger partial charge >= 0.3 is 5.97 Å². The first-order chi connectivity index (χ1) is 64.2. The molecule has 2 saturated heterocycles. The molecule has 0 atom stereocenters. The minimum absolute atomic E-state index is 0.125. The number of Topliss-reactive ketones (excluding diaryl/α,β-unsaturated/α-hetero) is 1. The van der Waals surface area contributed by atoms with Gasteiger partial charge in [-0.3, -0.25) is 29.4 Å². The van der Waals surface area contributed by atoms with Crippen LogP contribution in [0.4, 0.5) is 5.69 Å². The largest absolute Gasteiger partial charge is 0.460 e. The molecule has 0 N–H and O–H groups in total. The number of hydrogen-bond acceptors (Lipinski definition) is 10. The maximum atomic E-state index is 11.6. The zero-order chi connectivity index (χ0) is 105. The number of nitrogens with zero attached hydrogens (tertiary/aromatic N) is 7. The molecule has 10 heteroatoms. The third-order valence-electron chi connectivity index (χ3n) is 24.2. The van der Waals surface area contributed by atoms with Crippen LogP contribution in [-0.4, -0.2) is 140 Å². The van der Waals surface area contributed by atoms with E-state index in [1.807, 2.05) is 94.0 Å². The third kappa shape index (κ3) is 58.2. The van der Waals surface area contributed by atoms with Crippen LogP contribution in [0.1, 0.15) is 389 Å². The Morgan fingerprint density at radius 3 is 1.06 bits per heavy atom. The molecular formula is C128H199N7O3. The number of aromatic nitrogens is 2. The van der Waals surface area contributed by atoms with E-state index < -0.39 is 5.60 Å². The second-order valence-corrected chi connectivity index (χ2v) is 45.5. The van der Waals surface area contributed by atoms with Gasteiger partial charge in [-0.15, -0.1) is 0 Å². The molecule has 0 amide bonds. The molecule has 0 radical (unpaired) electrons. The molecule has 2 aliphatic rings. The number of ether oxygens (including phenoxy) is 1. The van der Waals surface area contributed by atoms with Crippen molar-refractivity contribution in [3.8, 4) is 0 Å². The van der Waals surface area contributed by atoms with Gasteiger partial charge in [0.2, 0.25) is 0 Å². The average Bonchev–Trinajstić information content (AvgIpc) is 0.841. The monoisotopic (exact) mass is 1880 g/mol. The molecule has 0 bridgehead atoms. The number of rotatable bonds is 17. The number of esters is 1. The van der Waals surface area contributed by atoms with E-state index in [4.69, 9.17) is 4.74 Å². The summed E-state index contributed by atoms with van der Waals surface area (Å²) in [6.07, 6.45) is 12.1. The molecule has 764 valence electrons. The van der Waals surface area contributed by atoms with Crippen LogP contribution in [0.5, 0.6) is 0 Å². The number of hydrogen-bond donors (Lipinski definition) is 0. The molecule has 2 aromatic heterocycles. The molecule has 138 heavy (non-hydrogen) atoms. The van der Waals surface area contributed by atoms with E-state index in [-0.39, 0.29) is 33.4 Å². The van der Waals surface area contributed by atoms with Crippen molar-refractivity contribution in [1.29, 1.82) is 0 Å². The van der Waals surface area contributed by atoms with Gasteiger partial charge in [0.05, 0.1) is 0 Å². The summed E-state index contributed by atoms with van der Waals surface area (Å²) in [5.41, 5.74) is 24.1. The minimum Gasteiger partial charge on any atom is -0.460 e. The Hall–Kier alpha value is -9.16. The Morgan fingerprint density at radius 2 is 0.754 bits per heavy atom. The Balaban J connectivity index is 0.000000757. The number of carbonyl (C=O) groups is 2. The minimum atomic E-state index is -0.396. The van der Waals surface area contributed by atoms with Crippen molar-refractivity contribution in [1.82, 2.24) is 29.6 Å². The summed E-state index contributed by atoms with van der Waals surface area (Å²) in [5.74, 6) is 3.77. The number of aryl methyl sites for hydroxylation is 6. The standard InChI is InChI=1S/C17H26O2.C12H19N.C12H16O.C12H18.C11H25N3.4C10H14.C8H11N.C8H17N.C8H11N/c1-16(2,3)14-10-7-13(8-11-14)9-12-15(18)19-17(4,5)6;1-12(2,3)10-7-6-8-11(9-10)13(4)5;1-9(13)10-5-7-11(8-6-10)12(2,3)4;1-5-10-6-8-11(9-7-10)12(2,3)4;1-11(2)14-9-7-13(8-10-14)6-5-12(3)4;2*1-8(2)10-6-4-9(3)5-7-10;2*1-8(2)10-6-4-5-9(3)7-10;1-7(2)8-3-5-9-6-4-8;1-8(2)9-6-4-3-5-7-9;1-7(2)8-5-3-4-6-9-8/h7-8,10-11H,9,12H2,1-6H3;6-9H,1-5H3;5-8H,1-4H3;6-9H,5H2,1-4H3;11H,5-10H2,1-4H3;4*4-8H,1-3H3;3-7H,1-2H3;8H,3-7H2,1-2H3;3-7H,1-2H3. The Morgan fingerprint density at radius 1 is 0.370 bits per heavy atom. The molecule has 2 aliphatic heterocycles. The van der Waals surface area contributed by atoms with E-state index in [9.17, 15) is 9.59 Å². The quantitative estimate of drug-likeness (QED) is 0.0649. The van der Waals surface area contributed by atoms with Crippen molar-refractivity contribution in [2.45, 2.75) is 370 Å². The van der Waals surface area contributed by atoms with Gasteiger partial charge in [-0.1, -0.05) is 390 Å². The summed E-state index contributed by atoms with van der Waals surface area (Å²) < 4.78 is 5.30. The van der Waals surface area contributed by atoms with Crippen LogP contribution in [0.15, 0.2) is 243 Å². The highest BCUT2D eigenvalue weighted by atomic mass is 16.6. The lowest BCUT2D eigenvalue weighted by atomic mass is 9.86. The maximum absolute atomic E-state index is 11.6. The lowest BCUT2D eigenvalue weighted by Crippen LogP contribution is -2.50. The molecule has 0 spiro atoms. The number of anilines is 1. The van der Waals surface area contributed by atoms with Crippen LogP contribution in [-0.2, 0) is 44.0 Å². The zero-order valence-electron chi connectivity index (χ0n) is 95.5. The van der Waals surface area contributed by atoms with Gasteiger partial charge in [0, 0.05) is 107 Å².